The van der Waals surface area contributed by atoms with E-state index in [-0.39, 0.29) is 24.5 Å². The zero-order chi connectivity index (χ0) is 16.2. The van der Waals surface area contributed by atoms with Gasteiger partial charge in [-0.05, 0) is 25.3 Å². The maximum Gasteiger partial charge on any atom is 0.252 e. The predicted octanol–water partition coefficient (Wildman–Crippen LogP) is 0.834. The molecule has 124 valence electrons. The zero-order valence-electron chi connectivity index (χ0n) is 13.2. The molecule has 0 saturated carbocycles. The van der Waals surface area contributed by atoms with Gasteiger partial charge in [0.05, 0.1) is 12.8 Å². The monoisotopic (exact) mass is 319 g/mol. The molecule has 23 heavy (non-hydrogen) atoms. The van der Waals surface area contributed by atoms with Crippen LogP contribution < -0.4 is 9.64 Å². The van der Waals surface area contributed by atoms with Crippen LogP contribution in [-0.2, 0) is 14.3 Å². The lowest BCUT2D eigenvalue weighted by Gasteiger charge is -2.36. The average molecular weight is 319 g/mol. The Morgan fingerprint density at radius 2 is 2.26 bits per heavy atom. The van der Waals surface area contributed by atoms with Crippen molar-refractivity contribution in [2.75, 3.05) is 38.3 Å². The molecule has 0 aliphatic carbocycles. The van der Waals surface area contributed by atoms with E-state index >= 15 is 0 Å². The molecule has 2 amide bonds. The maximum atomic E-state index is 12.4. The summed E-state index contributed by atoms with van der Waals surface area (Å²) in [5.41, 5.74) is 0.739. The molecule has 2 aliphatic heterocycles. The smallest absolute Gasteiger partial charge is 0.252 e. The fourth-order valence-electron chi connectivity index (χ4n) is 2.95. The number of aromatic nitrogens is 1. The summed E-state index contributed by atoms with van der Waals surface area (Å²) in [6, 6.07) is 3.49. The Kier molecular flexibility index (Phi) is 4.76. The van der Waals surface area contributed by atoms with Gasteiger partial charge in [0, 0.05) is 32.0 Å². The molecule has 3 rings (SSSR count). The second-order valence-electron chi connectivity index (χ2n) is 5.72. The Morgan fingerprint density at radius 3 is 2.96 bits per heavy atom. The van der Waals surface area contributed by atoms with Gasteiger partial charge in [0.2, 0.25) is 11.8 Å². The van der Waals surface area contributed by atoms with Gasteiger partial charge >= 0.3 is 0 Å². The number of pyridine rings is 1. The summed E-state index contributed by atoms with van der Waals surface area (Å²) in [5, 5.41) is 0. The van der Waals surface area contributed by atoms with Crippen LogP contribution in [0.15, 0.2) is 18.3 Å². The minimum Gasteiger partial charge on any atom is -0.481 e. The van der Waals surface area contributed by atoms with Crippen molar-refractivity contribution < 1.29 is 19.1 Å². The van der Waals surface area contributed by atoms with Crippen molar-refractivity contribution in [2.24, 2.45) is 0 Å². The number of nitrogens with zero attached hydrogens (tertiary/aromatic N) is 3. The number of methoxy groups -OCH3 is 1. The first-order valence-corrected chi connectivity index (χ1v) is 7.90. The number of carbonyl (C=O) groups is 2. The molecule has 0 aromatic carbocycles. The number of hydrogen-bond donors (Lipinski definition) is 0. The van der Waals surface area contributed by atoms with E-state index in [9.17, 15) is 9.59 Å². The molecular weight excluding hydrogens is 298 g/mol. The normalized spacial score (nSPS) is 22.1. The third kappa shape index (κ3) is 3.44. The van der Waals surface area contributed by atoms with Gasteiger partial charge < -0.3 is 19.3 Å². The van der Waals surface area contributed by atoms with Crippen molar-refractivity contribution in [3.8, 4) is 5.88 Å². The highest BCUT2D eigenvalue weighted by Crippen LogP contribution is 2.22. The van der Waals surface area contributed by atoms with E-state index in [2.05, 4.69) is 4.98 Å². The molecule has 2 aliphatic rings. The summed E-state index contributed by atoms with van der Waals surface area (Å²) in [5.74, 6) is 0.295. The fourth-order valence-corrected chi connectivity index (χ4v) is 2.95. The number of hydrogen-bond acceptors (Lipinski definition) is 5. The van der Waals surface area contributed by atoms with Crippen molar-refractivity contribution in [3.63, 3.8) is 0 Å². The molecular formula is C16H21N3O4. The largest absolute Gasteiger partial charge is 0.481 e. The molecule has 2 fully saturated rings. The van der Waals surface area contributed by atoms with E-state index in [0.717, 1.165) is 24.9 Å². The summed E-state index contributed by atoms with van der Waals surface area (Å²) in [4.78, 5) is 32.2. The number of piperazine rings is 1. The Hall–Kier alpha value is -2.15. The molecule has 3 heterocycles. The van der Waals surface area contributed by atoms with Crippen LogP contribution in [-0.4, -0.2) is 61.2 Å². The first-order chi connectivity index (χ1) is 11.2. The number of amides is 2. The van der Waals surface area contributed by atoms with Crippen molar-refractivity contribution in [1.29, 1.82) is 0 Å². The van der Waals surface area contributed by atoms with Crippen LogP contribution in [0.1, 0.15) is 19.3 Å². The van der Waals surface area contributed by atoms with Crippen LogP contribution in [0.5, 0.6) is 5.88 Å². The molecule has 0 N–H and O–H groups in total. The van der Waals surface area contributed by atoms with Crippen molar-refractivity contribution in [3.05, 3.63) is 18.3 Å². The van der Waals surface area contributed by atoms with Crippen LogP contribution in [0.2, 0.25) is 0 Å². The Balaban J connectivity index is 1.64. The molecule has 1 unspecified atom stereocenters. The third-order valence-corrected chi connectivity index (χ3v) is 4.23. The fraction of sp³-hybridized carbons (Fsp3) is 0.562. The molecule has 7 heteroatoms. The molecule has 0 spiro atoms. The second kappa shape index (κ2) is 6.95. The molecule has 2 saturated heterocycles. The highest BCUT2D eigenvalue weighted by atomic mass is 16.5. The minimum absolute atomic E-state index is 0.0648. The lowest BCUT2D eigenvalue weighted by atomic mass is 10.1. The highest BCUT2D eigenvalue weighted by molar-refractivity contribution is 5.98. The van der Waals surface area contributed by atoms with Gasteiger partial charge in [-0.1, -0.05) is 0 Å². The maximum absolute atomic E-state index is 12.4. The van der Waals surface area contributed by atoms with Crippen LogP contribution >= 0.6 is 0 Å². The summed E-state index contributed by atoms with van der Waals surface area (Å²) in [6.07, 6.45) is 3.97. The number of anilines is 1. The van der Waals surface area contributed by atoms with Crippen molar-refractivity contribution >= 4 is 17.5 Å². The first-order valence-electron chi connectivity index (χ1n) is 7.90. The highest BCUT2D eigenvalue weighted by Gasteiger charge is 2.33. The van der Waals surface area contributed by atoms with Gasteiger partial charge in [0.1, 0.15) is 12.6 Å². The average Bonchev–Trinajstić information content (AvgIpc) is 2.61. The van der Waals surface area contributed by atoms with Crippen molar-refractivity contribution in [1.82, 2.24) is 9.88 Å². The minimum atomic E-state index is -0.385. The molecule has 1 atom stereocenters. The molecule has 0 radical (unpaired) electrons. The standard InChI is InChI=1S/C16H21N3O4/c1-22-14-10-12(5-6-17-14)19-8-7-18(11-15(19)20)16(21)13-4-2-3-9-23-13/h5-6,10,13H,2-4,7-9,11H2,1H3. The van der Waals surface area contributed by atoms with E-state index in [1.54, 1.807) is 28.1 Å². The van der Waals surface area contributed by atoms with E-state index < -0.39 is 0 Å². The van der Waals surface area contributed by atoms with E-state index in [1.807, 2.05) is 0 Å². The summed E-state index contributed by atoms with van der Waals surface area (Å²) in [6.45, 7) is 1.68. The predicted molar refractivity (Wildman–Crippen MR) is 83.3 cm³/mol. The van der Waals surface area contributed by atoms with Crippen LogP contribution in [0.3, 0.4) is 0 Å². The molecule has 1 aromatic heterocycles. The van der Waals surface area contributed by atoms with E-state index in [0.29, 0.717) is 25.6 Å². The number of ether oxygens (including phenoxy) is 2. The Labute approximate surface area is 135 Å². The molecule has 7 nitrogen and oxygen atoms in total. The quantitative estimate of drug-likeness (QED) is 0.825. The van der Waals surface area contributed by atoms with Gasteiger partial charge in [-0.15, -0.1) is 0 Å². The number of rotatable bonds is 3. The summed E-state index contributed by atoms with van der Waals surface area (Å²) in [7, 11) is 1.54. The van der Waals surface area contributed by atoms with Gasteiger partial charge in [0.15, 0.2) is 0 Å². The van der Waals surface area contributed by atoms with Gasteiger partial charge in [-0.25, -0.2) is 4.98 Å². The van der Waals surface area contributed by atoms with Crippen LogP contribution in [0.25, 0.3) is 0 Å². The molecule has 1 aromatic rings. The topological polar surface area (TPSA) is 72.0 Å². The lowest BCUT2D eigenvalue weighted by Crippen LogP contribution is -2.55. The Morgan fingerprint density at radius 1 is 1.39 bits per heavy atom. The van der Waals surface area contributed by atoms with Crippen LogP contribution in [0, 0.1) is 0 Å². The molecule has 0 bridgehead atoms. The van der Waals surface area contributed by atoms with Gasteiger partial charge in [0.25, 0.3) is 5.91 Å². The lowest BCUT2D eigenvalue weighted by molar-refractivity contribution is -0.149. The summed E-state index contributed by atoms with van der Waals surface area (Å²) >= 11 is 0. The Bertz CT molecular complexity index is 586. The van der Waals surface area contributed by atoms with Gasteiger partial charge in [-0.3, -0.25) is 9.59 Å². The van der Waals surface area contributed by atoms with Gasteiger partial charge in [-0.2, -0.15) is 0 Å². The van der Waals surface area contributed by atoms with Crippen LogP contribution in [0.4, 0.5) is 5.69 Å². The van der Waals surface area contributed by atoms with E-state index in [4.69, 9.17) is 9.47 Å². The zero-order valence-corrected chi connectivity index (χ0v) is 13.2. The van der Waals surface area contributed by atoms with Crippen molar-refractivity contribution in [2.45, 2.75) is 25.4 Å². The second-order valence-corrected chi connectivity index (χ2v) is 5.72. The number of carbonyl (C=O) groups excluding carboxylic acids is 2. The first kappa shape index (κ1) is 15.7. The van der Waals surface area contributed by atoms with E-state index in [1.165, 1.54) is 7.11 Å². The SMILES string of the molecule is COc1cc(N2CCN(C(=O)C3CCCCO3)CC2=O)ccn1. The third-order valence-electron chi connectivity index (χ3n) is 4.23. The summed E-state index contributed by atoms with van der Waals surface area (Å²) < 4.78 is 10.6.